The Morgan fingerprint density at radius 1 is 1.50 bits per heavy atom. The molecular weight excluding hydrogens is 234 g/mol. The number of esters is 1. The molecule has 6 nitrogen and oxygen atoms in total. The summed E-state index contributed by atoms with van der Waals surface area (Å²) < 4.78 is 11.8. The maximum Gasteiger partial charge on any atom is 0.332 e. The van der Waals surface area contributed by atoms with Crippen molar-refractivity contribution in [2.24, 2.45) is 0 Å². The molecule has 0 bridgehead atoms. The summed E-state index contributed by atoms with van der Waals surface area (Å²) in [7, 11) is 0. The first kappa shape index (κ1) is 14.7. The van der Waals surface area contributed by atoms with Gasteiger partial charge in [-0.2, -0.15) is 5.10 Å². The SMILES string of the molecule is CCOC(=O)COCCNCCn1cc(C)cn1. The van der Waals surface area contributed by atoms with Gasteiger partial charge >= 0.3 is 5.97 Å². The first-order chi connectivity index (χ1) is 8.72. The van der Waals surface area contributed by atoms with Crippen LogP contribution in [0.1, 0.15) is 12.5 Å². The largest absolute Gasteiger partial charge is 0.464 e. The third kappa shape index (κ3) is 6.36. The van der Waals surface area contributed by atoms with E-state index in [4.69, 9.17) is 9.47 Å². The fourth-order valence-electron chi connectivity index (χ4n) is 1.41. The Labute approximate surface area is 107 Å². The predicted molar refractivity (Wildman–Crippen MR) is 67.3 cm³/mol. The maximum absolute atomic E-state index is 10.9. The van der Waals surface area contributed by atoms with Gasteiger partial charge < -0.3 is 14.8 Å². The first-order valence-electron chi connectivity index (χ1n) is 6.15. The smallest absolute Gasteiger partial charge is 0.332 e. The highest BCUT2D eigenvalue weighted by Crippen LogP contribution is 1.92. The average Bonchev–Trinajstić information content (AvgIpc) is 2.74. The zero-order valence-electron chi connectivity index (χ0n) is 11.0. The van der Waals surface area contributed by atoms with E-state index < -0.39 is 0 Å². The van der Waals surface area contributed by atoms with E-state index >= 15 is 0 Å². The Kier molecular flexibility index (Phi) is 7.05. The van der Waals surface area contributed by atoms with Crippen molar-refractivity contribution in [1.82, 2.24) is 15.1 Å². The van der Waals surface area contributed by atoms with Crippen LogP contribution in [0, 0.1) is 6.92 Å². The first-order valence-corrected chi connectivity index (χ1v) is 6.15. The monoisotopic (exact) mass is 255 g/mol. The summed E-state index contributed by atoms with van der Waals surface area (Å²) >= 11 is 0. The number of nitrogens with zero attached hydrogens (tertiary/aromatic N) is 2. The van der Waals surface area contributed by atoms with Crippen molar-refractivity contribution in [3.63, 3.8) is 0 Å². The molecule has 0 aliphatic rings. The molecule has 1 N–H and O–H groups in total. The van der Waals surface area contributed by atoms with Gasteiger partial charge in [-0.15, -0.1) is 0 Å². The fourth-order valence-corrected chi connectivity index (χ4v) is 1.41. The van der Waals surface area contributed by atoms with Gasteiger partial charge in [-0.25, -0.2) is 4.79 Å². The van der Waals surface area contributed by atoms with Crippen molar-refractivity contribution in [2.75, 3.05) is 32.9 Å². The topological polar surface area (TPSA) is 65.4 Å². The van der Waals surface area contributed by atoms with Crippen molar-refractivity contribution < 1.29 is 14.3 Å². The van der Waals surface area contributed by atoms with Gasteiger partial charge in [0.1, 0.15) is 6.61 Å². The molecule has 0 fully saturated rings. The van der Waals surface area contributed by atoms with E-state index in [-0.39, 0.29) is 12.6 Å². The highest BCUT2D eigenvalue weighted by molar-refractivity contribution is 5.70. The molecule has 1 heterocycles. The molecule has 0 spiro atoms. The van der Waals surface area contributed by atoms with Gasteiger partial charge in [-0.3, -0.25) is 4.68 Å². The lowest BCUT2D eigenvalue weighted by Crippen LogP contribution is -2.25. The summed E-state index contributed by atoms with van der Waals surface area (Å²) in [5, 5.41) is 7.39. The molecule has 0 atom stereocenters. The number of aryl methyl sites for hydroxylation is 1. The molecule has 6 heteroatoms. The number of carbonyl (C=O) groups excluding carboxylic acids is 1. The minimum Gasteiger partial charge on any atom is -0.464 e. The van der Waals surface area contributed by atoms with Gasteiger partial charge in [0.05, 0.1) is 26.0 Å². The van der Waals surface area contributed by atoms with Crippen LogP contribution in [0.25, 0.3) is 0 Å². The summed E-state index contributed by atoms with van der Waals surface area (Å²) in [6.07, 6.45) is 3.83. The summed E-state index contributed by atoms with van der Waals surface area (Å²) in [4.78, 5) is 10.9. The van der Waals surface area contributed by atoms with E-state index in [1.54, 1.807) is 6.92 Å². The molecule has 0 aromatic carbocycles. The van der Waals surface area contributed by atoms with Crippen LogP contribution in [0.2, 0.25) is 0 Å². The Morgan fingerprint density at radius 3 is 3.00 bits per heavy atom. The molecule has 102 valence electrons. The standard InChI is InChI=1S/C12H21N3O3/c1-3-18-12(16)10-17-7-5-13-4-6-15-9-11(2)8-14-15/h8-9,13H,3-7,10H2,1-2H3. The van der Waals surface area contributed by atoms with Crippen LogP contribution in [0.4, 0.5) is 0 Å². The second-order valence-corrected chi connectivity index (χ2v) is 3.89. The zero-order valence-corrected chi connectivity index (χ0v) is 11.0. The molecular formula is C12H21N3O3. The highest BCUT2D eigenvalue weighted by atomic mass is 16.6. The quantitative estimate of drug-likeness (QED) is 0.510. The maximum atomic E-state index is 10.9. The Morgan fingerprint density at radius 2 is 2.33 bits per heavy atom. The van der Waals surface area contributed by atoms with E-state index in [0.717, 1.165) is 18.7 Å². The number of nitrogens with one attached hydrogen (secondary N) is 1. The third-order valence-electron chi connectivity index (χ3n) is 2.23. The Balaban J connectivity index is 1.91. The highest BCUT2D eigenvalue weighted by Gasteiger charge is 2.00. The molecule has 0 unspecified atom stereocenters. The van der Waals surface area contributed by atoms with E-state index in [9.17, 15) is 4.79 Å². The van der Waals surface area contributed by atoms with Gasteiger partial charge in [0.15, 0.2) is 0 Å². The fraction of sp³-hybridized carbons (Fsp3) is 0.667. The summed E-state index contributed by atoms with van der Waals surface area (Å²) in [6, 6.07) is 0. The molecule has 1 aromatic rings. The Bertz CT molecular complexity index is 352. The molecule has 18 heavy (non-hydrogen) atoms. The molecule has 0 saturated heterocycles. The normalized spacial score (nSPS) is 10.6. The van der Waals surface area contributed by atoms with Crippen LogP contribution in [0.3, 0.4) is 0 Å². The molecule has 0 aliphatic heterocycles. The number of rotatable bonds is 9. The van der Waals surface area contributed by atoms with Gasteiger partial charge in [-0.1, -0.05) is 0 Å². The summed E-state index contributed by atoms with van der Waals surface area (Å²) in [5.41, 5.74) is 1.16. The molecule has 0 amide bonds. The van der Waals surface area contributed by atoms with Crippen LogP contribution >= 0.6 is 0 Å². The lowest BCUT2D eigenvalue weighted by molar-refractivity contribution is -0.148. The summed E-state index contributed by atoms with van der Waals surface area (Å²) in [6.45, 7) is 7.06. The van der Waals surface area contributed by atoms with E-state index in [0.29, 0.717) is 19.8 Å². The average molecular weight is 255 g/mol. The van der Waals surface area contributed by atoms with Crippen LogP contribution in [0.15, 0.2) is 12.4 Å². The molecule has 0 radical (unpaired) electrons. The van der Waals surface area contributed by atoms with E-state index in [1.807, 2.05) is 24.0 Å². The zero-order chi connectivity index (χ0) is 13.2. The van der Waals surface area contributed by atoms with E-state index in [2.05, 4.69) is 10.4 Å². The number of carbonyl (C=O) groups is 1. The van der Waals surface area contributed by atoms with Gasteiger partial charge in [0, 0.05) is 19.3 Å². The lowest BCUT2D eigenvalue weighted by Gasteiger charge is -2.06. The van der Waals surface area contributed by atoms with Crippen molar-refractivity contribution in [2.45, 2.75) is 20.4 Å². The van der Waals surface area contributed by atoms with E-state index in [1.165, 1.54) is 0 Å². The number of hydrogen-bond acceptors (Lipinski definition) is 5. The second-order valence-electron chi connectivity index (χ2n) is 3.89. The van der Waals surface area contributed by atoms with Gasteiger partial charge in [0.25, 0.3) is 0 Å². The van der Waals surface area contributed by atoms with Gasteiger partial charge in [0.2, 0.25) is 0 Å². The second kappa shape index (κ2) is 8.66. The van der Waals surface area contributed by atoms with Crippen molar-refractivity contribution >= 4 is 5.97 Å². The van der Waals surface area contributed by atoms with Crippen molar-refractivity contribution in [3.05, 3.63) is 18.0 Å². The van der Waals surface area contributed by atoms with Crippen LogP contribution in [-0.4, -0.2) is 48.7 Å². The minimum absolute atomic E-state index is 0.0217. The van der Waals surface area contributed by atoms with Crippen LogP contribution in [0.5, 0.6) is 0 Å². The molecule has 0 saturated carbocycles. The summed E-state index contributed by atoms with van der Waals surface area (Å²) in [5.74, 6) is -0.315. The number of ether oxygens (including phenoxy) is 2. The molecule has 1 rings (SSSR count). The number of hydrogen-bond donors (Lipinski definition) is 1. The Hall–Kier alpha value is -1.40. The number of aromatic nitrogens is 2. The van der Waals surface area contributed by atoms with Crippen LogP contribution < -0.4 is 5.32 Å². The van der Waals surface area contributed by atoms with Crippen LogP contribution in [-0.2, 0) is 20.8 Å². The lowest BCUT2D eigenvalue weighted by atomic mass is 10.4. The molecule has 1 aromatic heterocycles. The van der Waals surface area contributed by atoms with Crippen molar-refractivity contribution in [1.29, 1.82) is 0 Å². The van der Waals surface area contributed by atoms with Gasteiger partial charge in [-0.05, 0) is 19.4 Å². The third-order valence-corrected chi connectivity index (χ3v) is 2.23. The molecule has 0 aliphatic carbocycles. The predicted octanol–water partition coefficient (Wildman–Crippen LogP) is 0.361. The van der Waals surface area contributed by atoms with Crippen molar-refractivity contribution in [3.8, 4) is 0 Å². The minimum atomic E-state index is -0.315.